The summed E-state index contributed by atoms with van der Waals surface area (Å²) in [5, 5.41) is 3.35. The van der Waals surface area contributed by atoms with Crippen molar-refractivity contribution >= 4 is 5.82 Å². The minimum Gasteiger partial charge on any atom is -0.467 e. The van der Waals surface area contributed by atoms with E-state index >= 15 is 0 Å². The summed E-state index contributed by atoms with van der Waals surface area (Å²) in [6, 6.07) is 9.11. The lowest BCUT2D eigenvalue weighted by molar-refractivity contribution is 0.378. The number of nitrogens with one attached hydrogen (secondary N) is 1. The topological polar surface area (TPSA) is 50.3 Å². The van der Waals surface area contributed by atoms with Crippen LogP contribution in [0.1, 0.15) is 22.4 Å². The highest BCUT2D eigenvalue weighted by Crippen LogP contribution is 2.30. The van der Waals surface area contributed by atoms with Gasteiger partial charge in [0.1, 0.15) is 5.82 Å². The van der Waals surface area contributed by atoms with E-state index in [9.17, 15) is 0 Å². The molecule has 0 amide bonds. The van der Waals surface area contributed by atoms with Gasteiger partial charge in [0.25, 0.3) is 0 Å². The predicted molar refractivity (Wildman–Crippen MR) is 80.3 cm³/mol. The largest absolute Gasteiger partial charge is 0.467 e. The van der Waals surface area contributed by atoms with Crippen LogP contribution in [-0.2, 0) is 26.1 Å². The van der Waals surface area contributed by atoms with Gasteiger partial charge in [-0.2, -0.15) is 9.97 Å². The Labute approximate surface area is 124 Å². The van der Waals surface area contributed by atoms with Crippen molar-refractivity contribution in [3.63, 3.8) is 0 Å². The van der Waals surface area contributed by atoms with Gasteiger partial charge in [0.2, 0.25) is 0 Å². The molecule has 0 spiro atoms. The highest BCUT2D eigenvalue weighted by molar-refractivity contribution is 5.53. The third kappa shape index (κ3) is 2.14. The lowest BCUT2D eigenvalue weighted by atomic mass is 9.99. The number of hydrogen-bond acceptors (Lipinski definition) is 5. The summed E-state index contributed by atoms with van der Waals surface area (Å²) in [4.78, 5) is 11.4. The van der Waals surface area contributed by atoms with E-state index in [-0.39, 0.29) is 0 Å². The summed E-state index contributed by atoms with van der Waals surface area (Å²) in [7, 11) is 1.62. The molecule has 2 aliphatic rings. The van der Waals surface area contributed by atoms with Gasteiger partial charge in [-0.3, -0.25) is 0 Å². The molecular formula is C16H18N4O. The average molecular weight is 282 g/mol. The van der Waals surface area contributed by atoms with Gasteiger partial charge in [0.05, 0.1) is 12.8 Å². The van der Waals surface area contributed by atoms with Crippen LogP contribution in [0.2, 0.25) is 0 Å². The van der Waals surface area contributed by atoms with E-state index in [4.69, 9.17) is 4.74 Å². The van der Waals surface area contributed by atoms with Crippen molar-refractivity contribution in [1.29, 1.82) is 0 Å². The van der Waals surface area contributed by atoms with Crippen molar-refractivity contribution in [1.82, 2.24) is 15.3 Å². The highest BCUT2D eigenvalue weighted by Gasteiger charge is 2.25. The molecule has 0 saturated carbocycles. The molecule has 0 radical (unpaired) electrons. The Morgan fingerprint density at radius 1 is 1.14 bits per heavy atom. The van der Waals surface area contributed by atoms with Crippen molar-refractivity contribution in [3.8, 4) is 6.01 Å². The zero-order chi connectivity index (χ0) is 14.2. The molecule has 1 aromatic heterocycles. The molecule has 21 heavy (non-hydrogen) atoms. The second kappa shape index (κ2) is 5.00. The van der Waals surface area contributed by atoms with Crippen molar-refractivity contribution in [2.24, 2.45) is 0 Å². The first-order valence-electron chi connectivity index (χ1n) is 7.31. The Kier molecular flexibility index (Phi) is 3.00. The Bertz CT molecular complexity index is 686. The van der Waals surface area contributed by atoms with Crippen LogP contribution >= 0.6 is 0 Å². The molecule has 0 fully saturated rings. The number of benzene rings is 1. The van der Waals surface area contributed by atoms with E-state index in [2.05, 4.69) is 44.5 Å². The van der Waals surface area contributed by atoms with Crippen LogP contribution in [0.4, 0.5) is 5.82 Å². The number of aromatic nitrogens is 2. The van der Waals surface area contributed by atoms with Gasteiger partial charge in [-0.15, -0.1) is 0 Å². The smallest absolute Gasteiger partial charge is 0.318 e. The van der Waals surface area contributed by atoms with Gasteiger partial charge in [-0.05, 0) is 17.5 Å². The summed E-state index contributed by atoms with van der Waals surface area (Å²) in [6.07, 6.45) is 1.06. The molecule has 0 bridgehead atoms. The van der Waals surface area contributed by atoms with E-state index in [1.807, 2.05) is 0 Å². The quantitative estimate of drug-likeness (QED) is 0.907. The molecule has 0 unspecified atom stereocenters. The first kappa shape index (κ1) is 12.6. The summed E-state index contributed by atoms with van der Waals surface area (Å²) in [5.74, 6) is 1.02. The van der Waals surface area contributed by atoms with Gasteiger partial charge in [0, 0.05) is 31.7 Å². The molecule has 5 nitrogen and oxygen atoms in total. The highest BCUT2D eigenvalue weighted by atomic mass is 16.5. The fourth-order valence-electron chi connectivity index (χ4n) is 3.16. The van der Waals surface area contributed by atoms with E-state index in [0.29, 0.717) is 6.01 Å². The Hall–Kier alpha value is -2.14. The van der Waals surface area contributed by atoms with Gasteiger partial charge >= 0.3 is 6.01 Å². The van der Waals surface area contributed by atoms with Crippen molar-refractivity contribution < 1.29 is 4.74 Å². The van der Waals surface area contributed by atoms with Gasteiger partial charge < -0.3 is 15.0 Å². The van der Waals surface area contributed by atoms with E-state index in [0.717, 1.165) is 44.1 Å². The minimum absolute atomic E-state index is 0.464. The number of hydrogen-bond donors (Lipinski definition) is 1. The fourth-order valence-corrected chi connectivity index (χ4v) is 3.16. The van der Waals surface area contributed by atoms with Crippen molar-refractivity contribution in [2.45, 2.75) is 26.1 Å². The summed E-state index contributed by atoms with van der Waals surface area (Å²) < 4.78 is 5.26. The first-order chi connectivity index (χ1) is 10.3. The number of methoxy groups -OCH3 is 1. The third-order valence-electron chi connectivity index (χ3n) is 4.26. The molecule has 5 heteroatoms. The van der Waals surface area contributed by atoms with Crippen LogP contribution in [0, 0.1) is 0 Å². The third-order valence-corrected chi connectivity index (χ3v) is 4.26. The van der Waals surface area contributed by atoms with E-state index in [1.165, 1.54) is 16.7 Å². The Morgan fingerprint density at radius 3 is 2.86 bits per heavy atom. The van der Waals surface area contributed by atoms with Crippen LogP contribution in [0.3, 0.4) is 0 Å². The lowest BCUT2D eigenvalue weighted by Crippen LogP contribution is -2.32. The average Bonchev–Trinajstić information content (AvgIpc) is 3.01. The standard InChI is InChI=1S/C16H18N4O/c1-21-16-18-14-9-17-8-13(14)15(19-16)20-7-6-11-4-2-3-5-12(11)10-20/h2-5,17H,6-10H2,1H3. The molecule has 108 valence electrons. The lowest BCUT2D eigenvalue weighted by Gasteiger charge is -2.31. The predicted octanol–water partition coefficient (Wildman–Crippen LogP) is 1.65. The summed E-state index contributed by atoms with van der Waals surface area (Å²) in [5.41, 5.74) is 5.12. The number of anilines is 1. The van der Waals surface area contributed by atoms with Crippen LogP contribution in [0.25, 0.3) is 0 Å². The van der Waals surface area contributed by atoms with Crippen LogP contribution < -0.4 is 15.0 Å². The monoisotopic (exact) mass is 282 g/mol. The van der Waals surface area contributed by atoms with E-state index < -0.39 is 0 Å². The molecule has 1 N–H and O–H groups in total. The number of rotatable bonds is 2. The van der Waals surface area contributed by atoms with Gasteiger partial charge in [0.15, 0.2) is 0 Å². The molecule has 1 aromatic carbocycles. The molecule has 2 aromatic rings. The maximum atomic E-state index is 5.26. The van der Waals surface area contributed by atoms with Gasteiger partial charge in [-0.1, -0.05) is 24.3 Å². The van der Waals surface area contributed by atoms with Crippen LogP contribution in [0.15, 0.2) is 24.3 Å². The van der Waals surface area contributed by atoms with Crippen molar-refractivity contribution in [3.05, 3.63) is 46.6 Å². The van der Waals surface area contributed by atoms with Crippen LogP contribution in [0.5, 0.6) is 6.01 Å². The summed E-state index contributed by atoms with van der Waals surface area (Å²) in [6.45, 7) is 3.53. The van der Waals surface area contributed by atoms with Crippen molar-refractivity contribution in [2.75, 3.05) is 18.6 Å². The molecule has 0 saturated heterocycles. The Balaban J connectivity index is 1.73. The summed E-state index contributed by atoms with van der Waals surface area (Å²) >= 11 is 0. The minimum atomic E-state index is 0.464. The van der Waals surface area contributed by atoms with E-state index in [1.54, 1.807) is 7.11 Å². The molecule has 2 aliphatic heterocycles. The fraction of sp³-hybridized carbons (Fsp3) is 0.375. The number of fused-ring (bicyclic) bond motifs is 2. The Morgan fingerprint density at radius 2 is 2.00 bits per heavy atom. The number of ether oxygens (including phenoxy) is 1. The molecule has 4 rings (SSSR count). The molecular weight excluding hydrogens is 264 g/mol. The maximum Gasteiger partial charge on any atom is 0.318 e. The van der Waals surface area contributed by atoms with Crippen LogP contribution in [-0.4, -0.2) is 23.6 Å². The molecule has 0 atom stereocenters. The zero-order valence-corrected chi connectivity index (χ0v) is 12.1. The zero-order valence-electron chi connectivity index (χ0n) is 12.1. The molecule has 3 heterocycles. The second-order valence-corrected chi connectivity index (χ2v) is 5.50. The first-order valence-corrected chi connectivity index (χ1v) is 7.31. The van der Waals surface area contributed by atoms with Gasteiger partial charge in [-0.25, -0.2) is 0 Å². The SMILES string of the molecule is COc1nc2c(c(N3CCc4ccccc4C3)n1)CNC2. The molecule has 0 aliphatic carbocycles. The normalized spacial score (nSPS) is 16.5. The number of nitrogens with zero attached hydrogens (tertiary/aromatic N) is 3. The maximum absolute atomic E-state index is 5.26. The second-order valence-electron chi connectivity index (χ2n) is 5.50.